The summed E-state index contributed by atoms with van der Waals surface area (Å²) in [5, 5.41) is 3.64. The SMILES string of the molecule is COc1ccc(C(CNc2cc(Cl)nc(N)n2)N2CCOCC2)cc1. The Bertz CT molecular complexity index is 672. The highest BCUT2D eigenvalue weighted by molar-refractivity contribution is 6.29. The fourth-order valence-electron chi connectivity index (χ4n) is 2.90. The van der Waals surface area contributed by atoms with Gasteiger partial charge in [-0.05, 0) is 17.7 Å². The summed E-state index contributed by atoms with van der Waals surface area (Å²) >= 11 is 5.95. The highest BCUT2D eigenvalue weighted by atomic mass is 35.5. The zero-order valence-corrected chi connectivity index (χ0v) is 14.9. The third-order valence-electron chi connectivity index (χ3n) is 4.18. The van der Waals surface area contributed by atoms with Gasteiger partial charge in [-0.3, -0.25) is 4.90 Å². The minimum Gasteiger partial charge on any atom is -0.497 e. The summed E-state index contributed by atoms with van der Waals surface area (Å²) in [4.78, 5) is 10.5. The molecule has 1 fully saturated rings. The number of methoxy groups -OCH3 is 1. The number of aromatic nitrogens is 2. The van der Waals surface area contributed by atoms with Gasteiger partial charge in [0.15, 0.2) is 0 Å². The average molecular weight is 364 g/mol. The smallest absolute Gasteiger partial charge is 0.223 e. The van der Waals surface area contributed by atoms with Crippen molar-refractivity contribution in [3.8, 4) is 5.75 Å². The van der Waals surface area contributed by atoms with Crippen LogP contribution >= 0.6 is 11.6 Å². The van der Waals surface area contributed by atoms with Crippen molar-refractivity contribution in [2.75, 3.05) is 51.0 Å². The molecular weight excluding hydrogens is 342 g/mol. The van der Waals surface area contributed by atoms with Crippen LogP contribution in [0.5, 0.6) is 5.75 Å². The molecule has 1 aliphatic rings. The summed E-state index contributed by atoms with van der Waals surface area (Å²) in [6.45, 7) is 3.90. The number of hydrogen-bond acceptors (Lipinski definition) is 7. The standard InChI is InChI=1S/C17H22ClN5O2/c1-24-13-4-2-12(3-5-13)14(23-6-8-25-9-7-23)11-20-16-10-15(18)21-17(19)22-16/h2-5,10,14H,6-9,11H2,1H3,(H3,19,20,21,22). The topological polar surface area (TPSA) is 85.5 Å². The Morgan fingerprint density at radius 1 is 1.28 bits per heavy atom. The minimum atomic E-state index is 0.155. The first kappa shape index (κ1) is 17.7. The van der Waals surface area contributed by atoms with Gasteiger partial charge in [-0.25, -0.2) is 4.98 Å². The van der Waals surface area contributed by atoms with Gasteiger partial charge in [-0.2, -0.15) is 4.98 Å². The maximum Gasteiger partial charge on any atom is 0.223 e. The van der Waals surface area contributed by atoms with Gasteiger partial charge in [0.1, 0.15) is 16.7 Å². The molecule has 0 saturated carbocycles. The van der Waals surface area contributed by atoms with E-state index >= 15 is 0 Å². The number of nitrogens with two attached hydrogens (primary N) is 1. The Labute approximate surface area is 152 Å². The number of nitrogen functional groups attached to an aromatic ring is 1. The number of rotatable bonds is 6. The lowest BCUT2D eigenvalue weighted by Crippen LogP contribution is -2.41. The first-order valence-electron chi connectivity index (χ1n) is 8.15. The monoisotopic (exact) mass is 363 g/mol. The number of benzene rings is 1. The van der Waals surface area contributed by atoms with Gasteiger partial charge in [-0.1, -0.05) is 23.7 Å². The number of nitrogens with zero attached hydrogens (tertiary/aromatic N) is 3. The van der Waals surface area contributed by atoms with E-state index in [0.717, 1.165) is 32.1 Å². The first-order valence-corrected chi connectivity index (χ1v) is 8.53. The van der Waals surface area contributed by atoms with Crippen LogP contribution in [0.4, 0.5) is 11.8 Å². The van der Waals surface area contributed by atoms with Crippen LogP contribution < -0.4 is 15.8 Å². The summed E-state index contributed by atoms with van der Waals surface area (Å²) in [6.07, 6.45) is 0. The van der Waals surface area contributed by atoms with Crippen LogP contribution in [0.2, 0.25) is 5.15 Å². The molecule has 0 radical (unpaired) electrons. The van der Waals surface area contributed by atoms with E-state index in [1.54, 1.807) is 13.2 Å². The molecule has 1 aliphatic heterocycles. The molecule has 2 heterocycles. The second-order valence-corrected chi connectivity index (χ2v) is 6.14. The van der Waals surface area contributed by atoms with Crippen LogP contribution in [0.15, 0.2) is 30.3 Å². The van der Waals surface area contributed by atoms with Crippen molar-refractivity contribution < 1.29 is 9.47 Å². The van der Waals surface area contributed by atoms with Crippen LogP contribution in [-0.4, -0.2) is 54.8 Å². The zero-order chi connectivity index (χ0) is 17.6. The Morgan fingerprint density at radius 3 is 2.64 bits per heavy atom. The van der Waals surface area contributed by atoms with E-state index < -0.39 is 0 Å². The molecule has 2 aromatic rings. The van der Waals surface area contributed by atoms with Gasteiger partial charge in [0.2, 0.25) is 5.95 Å². The molecular formula is C17H22ClN5O2. The molecule has 1 unspecified atom stereocenters. The van der Waals surface area contributed by atoms with E-state index in [4.69, 9.17) is 26.8 Å². The molecule has 1 aromatic carbocycles. The second-order valence-electron chi connectivity index (χ2n) is 5.75. The number of morpholine rings is 1. The van der Waals surface area contributed by atoms with Crippen LogP contribution in [0.1, 0.15) is 11.6 Å². The van der Waals surface area contributed by atoms with Crippen LogP contribution in [0.25, 0.3) is 0 Å². The van der Waals surface area contributed by atoms with Crippen molar-refractivity contribution in [3.63, 3.8) is 0 Å². The van der Waals surface area contributed by atoms with E-state index in [9.17, 15) is 0 Å². The Morgan fingerprint density at radius 2 is 2.00 bits per heavy atom. The van der Waals surface area contributed by atoms with Crippen LogP contribution in [-0.2, 0) is 4.74 Å². The maximum absolute atomic E-state index is 5.95. The predicted octanol–water partition coefficient (Wildman–Crippen LogP) is 2.21. The predicted molar refractivity (Wildman–Crippen MR) is 98.1 cm³/mol. The molecule has 1 atom stereocenters. The molecule has 0 aliphatic carbocycles. The fourth-order valence-corrected chi connectivity index (χ4v) is 3.09. The maximum atomic E-state index is 5.95. The Balaban J connectivity index is 1.77. The third-order valence-corrected chi connectivity index (χ3v) is 4.37. The average Bonchev–Trinajstić information content (AvgIpc) is 2.62. The molecule has 7 nitrogen and oxygen atoms in total. The van der Waals surface area contributed by atoms with Crippen molar-refractivity contribution in [1.82, 2.24) is 14.9 Å². The van der Waals surface area contributed by atoms with Gasteiger partial charge in [0, 0.05) is 25.7 Å². The lowest BCUT2D eigenvalue weighted by molar-refractivity contribution is 0.0187. The summed E-state index contributed by atoms with van der Waals surface area (Å²) in [5.74, 6) is 1.61. The quantitative estimate of drug-likeness (QED) is 0.761. The van der Waals surface area contributed by atoms with E-state index in [2.05, 4.69) is 32.3 Å². The molecule has 0 amide bonds. The third kappa shape index (κ3) is 4.72. The molecule has 3 rings (SSSR count). The van der Waals surface area contributed by atoms with Crippen molar-refractivity contribution >= 4 is 23.4 Å². The van der Waals surface area contributed by atoms with Crippen LogP contribution in [0, 0.1) is 0 Å². The van der Waals surface area contributed by atoms with E-state index in [0.29, 0.717) is 17.5 Å². The lowest BCUT2D eigenvalue weighted by atomic mass is 10.0. The largest absolute Gasteiger partial charge is 0.497 e. The van der Waals surface area contributed by atoms with Gasteiger partial charge < -0.3 is 20.5 Å². The number of nitrogens with one attached hydrogen (secondary N) is 1. The van der Waals surface area contributed by atoms with E-state index in [-0.39, 0.29) is 12.0 Å². The molecule has 1 aromatic heterocycles. The number of ether oxygens (including phenoxy) is 2. The highest BCUT2D eigenvalue weighted by Crippen LogP contribution is 2.25. The Kier molecular flexibility index (Phi) is 5.91. The minimum absolute atomic E-state index is 0.155. The molecule has 0 bridgehead atoms. The van der Waals surface area contributed by atoms with Crippen molar-refractivity contribution in [3.05, 3.63) is 41.0 Å². The van der Waals surface area contributed by atoms with Crippen LogP contribution in [0.3, 0.4) is 0 Å². The number of hydrogen-bond donors (Lipinski definition) is 2. The summed E-state index contributed by atoms with van der Waals surface area (Å²) < 4.78 is 10.7. The molecule has 1 saturated heterocycles. The Hall–Kier alpha value is -2.09. The number of anilines is 2. The summed E-state index contributed by atoms with van der Waals surface area (Å²) in [5.41, 5.74) is 6.86. The normalized spacial score (nSPS) is 16.4. The molecule has 134 valence electrons. The lowest BCUT2D eigenvalue weighted by Gasteiger charge is -2.35. The molecule has 3 N–H and O–H groups in total. The van der Waals surface area contributed by atoms with E-state index in [1.807, 2.05) is 12.1 Å². The summed E-state index contributed by atoms with van der Waals surface area (Å²) in [6, 6.07) is 9.96. The van der Waals surface area contributed by atoms with Gasteiger partial charge in [0.25, 0.3) is 0 Å². The number of halogens is 1. The fraction of sp³-hybridized carbons (Fsp3) is 0.412. The van der Waals surface area contributed by atoms with Gasteiger partial charge in [0.05, 0.1) is 26.4 Å². The summed E-state index contributed by atoms with van der Waals surface area (Å²) in [7, 11) is 1.67. The first-order chi connectivity index (χ1) is 12.2. The van der Waals surface area contributed by atoms with Gasteiger partial charge in [-0.15, -0.1) is 0 Å². The van der Waals surface area contributed by atoms with E-state index in [1.165, 1.54) is 5.56 Å². The second kappa shape index (κ2) is 8.33. The van der Waals surface area contributed by atoms with Crippen molar-refractivity contribution in [1.29, 1.82) is 0 Å². The van der Waals surface area contributed by atoms with Crippen molar-refractivity contribution in [2.45, 2.75) is 6.04 Å². The highest BCUT2D eigenvalue weighted by Gasteiger charge is 2.22. The van der Waals surface area contributed by atoms with Crippen molar-refractivity contribution in [2.24, 2.45) is 0 Å². The molecule has 8 heteroatoms. The van der Waals surface area contributed by atoms with Gasteiger partial charge >= 0.3 is 0 Å². The molecule has 25 heavy (non-hydrogen) atoms. The zero-order valence-electron chi connectivity index (χ0n) is 14.1. The molecule has 0 spiro atoms.